The van der Waals surface area contributed by atoms with Crippen molar-refractivity contribution in [2.45, 2.75) is 32.2 Å². The number of amides is 2. The number of nitrogens with zero attached hydrogens (tertiary/aromatic N) is 1. The van der Waals surface area contributed by atoms with Crippen LogP contribution in [0.5, 0.6) is 0 Å². The number of rotatable bonds is 7. The lowest BCUT2D eigenvalue weighted by Crippen LogP contribution is -2.34. The Kier molecular flexibility index (Phi) is 7.43. The number of benzene rings is 3. The molecule has 0 bridgehead atoms. The summed E-state index contributed by atoms with van der Waals surface area (Å²) in [4.78, 5) is 26.0. The van der Waals surface area contributed by atoms with Gasteiger partial charge in [0, 0.05) is 18.7 Å². The smallest absolute Gasteiger partial charge is 0.405 e. The Bertz CT molecular complexity index is 1190. The van der Waals surface area contributed by atoms with Crippen molar-refractivity contribution in [3.63, 3.8) is 0 Å². The van der Waals surface area contributed by atoms with Crippen LogP contribution in [-0.4, -0.2) is 35.1 Å². The molecule has 0 aliphatic carbocycles. The highest BCUT2D eigenvalue weighted by Crippen LogP contribution is 2.26. The molecule has 1 unspecified atom stereocenters. The van der Waals surface area contributed by atoms with E-state index < -0.39 is 6.09 Å². The lowest BCUT2D eigenvalue weighted by Gasteiger charge is -2.27. The van der Waals surface area contributed by atoms with Gasteiger partial charge in [0.25, 0.3) is 5.91 Å². The van der Waals surface area contributed by atoms with Crippen molar-refractivity contribution in [2.24, 2.45) is 0 Å². The quantitative estimate of drug-likeness (QED) is 0.479. The van der Waals surface area contributed by atoms with Crippen molar-refractivity contribution in [1.82, 2.24) is 10.2 Å². The van der Waals surface area contributed by atoms with E-state index in [0.29, 0.717) is 13.1 Å². The molecular formula is C29H30N2O3. The molecule has 4 rings (SSSR count). The molecule has 1 aliphatic heterocycles. The second-order valence-electron chi connectivity index (χ2n) is 8.71. The molecule has 174 valence electrons. The second-order valence-corrected chi connectivity index (χ2v) is 8.71. The molecule has 1 aliphatic rings. The highest BCUT2D eigenvalue weighted by atomic mass is 16.4. The van der Waals surface area contributed by atoms with E-state index in [2.05, 4.69) is 41.7 Å². The largest absolute Gasteiger partial charge is 0.465 e. The van der Waals surface area contributed by atoms with Gasteiger partial charge in [-0.15, -0.1) is 0 Å². The lowest BCUT2D eigenvalue weighted by atomic mass is 9.95. The van der Waals surface area contributed by atoms with E-state index in [1.165, 1.54) is 16.7 Å². The fraction of sp³-hybridized carbons (Fsp3) is 0.241. The molecule has 2 amide bonds. The summed E-state index contributed by atoms with van der Waals surface area (Å²) in [5, 5.41) is 11.5. The molecule has 1 heterocycles. The van der Waals surface area contributed by atoms with Crippen LogP contribution in [0.2, 0.25) is 0 Å². The third-order valence-corrected chi connectivity index (χ3v) is 6.31. The molecular weight excluding hydrogens is 424 g/mol. The normalized spacial score (nSPS) is 14.3. The molecule has 34 heavy (non-hydrogen) atoms. The lowest BCUT2D eigenvalue weighted by molar-refractivity contribution is 0.0772. The molecule has 5 nitrogen and oxygen atoms in total. The van der Waals surface area contributed by atoms with Crippen molar-refractivity contribution < 1.29 is 14.7 Å². The van der Waals surface area contributed by atoms with E-state index in [1.807, 2.05) is 60.4 Å². The summed E-state index contributed by atoms with van der Waals surface area (Å²) >= 11 is 0. The molecule has 0 saturated carbocycles. The van der Waals surface area contributed by atoms with Gasteiger partial charge in [-0.3, -0.25) is 4.79 Å². The van der Waals surface area contributed by atoms with E-state index in [1.54, 1.807) is 0 Å². The fourth-order valence-corrected chi connectivity index (χ4v) is 4.37. The molecule has 0 radical (unpaired) electrons. The van der Waals surface area contributed by atoms with Gasteiger partial charge in [0.05, 0.1) is 6.04 Å². The minimum absolute atomic E-state index is 0.0601. The van der Waals surface area contributed by atoms with Crippen molar-refractivity contribution in [3.05, 3.63) is 113 Å². The fourth-order valence-electron chi connectivity index (χ4n) is 4.37. The second kappa shape index (κ2) is 10.8. The maximum atomic E-state index is 13.1. The van der Waals surface area contributed by atoms with E-state index in [-0.39, 0.29) is 11.9 Å². The van der Waals surface area contributed by atoms with Crippen LogP contribution in [0.1, 0.15) is 52.0 Å². The molecule has 2 N–H and O–H groups in total. The van der Waals surface area contributed by atoms with Crippen LogP contribution in [0.25, 0.3) is 5.57 Å². The number of hydrogen-bond donors (Lipinski definition) is 2. The van der Waals surface area contributed by atoms with Gasteiger partial charge in [-0.2, -0.15) is 0 Å². The molecule has 0 spiro atoms. The molecule has 5 heteroatoms. The maximum Gasteiger partial charge on any atom is 0.405 e. The van der Waals surface area contributed by atoms with Crippen LogP contribution < -0.4 is 5.32 Å². The third-order valence-electron chi connectivity index (χ3n) is 6.31. The third kappa shape index (κ3) is 5.93. The van der Waals surface area contributed by atoms with E-state index in [4.69, 9.17) is 5.11 Å². The summed E-state index contributed by atoms with van der Waals surface area (Å²) in [5.41, 5.74) is 6.38. The minimum Gasteiger partial charge on any atom is -0.465 e. The first-order valence-corrected chi connectivity index (χ1v) is 11.7. The standard InChI is InChI=1S/C29H30N2O3/c1-21(30-29(33)34)25-10-6-11-26(20-25)24-15-17-31(18-16-24)28(32)27-12-5-9-23(19-27)14-13-22-7-3-2-4-8-22/h2-12,15,19-21,30H,13-14,16-18H2,1H3,(H,33,34). The van der Waals surface area contributed by atoms with Gasteiger partial charge in [-0.05, 0) is 72.2 Å². The first kappa shape index (κ1) is 23.3. The molecule has 0 saturated heterocycles. The van der Waals surface area contributed by atoms with Crippen LogP contribution in [0.3, 0.4) is 0 Å². The van der Waals surface area contributed by atoms with Gasteiger partial charge in [-0.25, -0.2) is 4.79 Å². The van der Waals surface area contributed by atoms with Crippen molar-refractivity contribution >= 4 is 17.6 Å². The first-order chi connectivity index (χ1) is 16.5. The summed E-state index contributed by atoms with van der Waals surface area (Å²) in [6, 6.07) is 26.0. The Labute approximate surface area is 200 Å². The van der Waals surface area contributed by atoms with Crippen LogP contribution in [0.15, 0.2) is 84.9 Å². The summed E-state index contributed by atoms with van der Waals surface area (Å²) < 4.78 is 0. The number of carbonyl (C=O) groups is 2. The van der Waals surface area contributed by atoms with Crippen LogP contribution in [0.4, 0.5) is 4.79 Å². The summed E-state index contributed by atoms with van der Waals surface area (Å²) in [7, 11) is 0. The van der Waals surface area contributed by atoms with Crippen LogP contribution in [0, 0.1) is 0 Å². The maximum absolute atomic E-state index is 13.1. The summed E-state index contributed by atoms with van der Waals surface area (Å²) in [6.45, 7) is 3.05. The topological polar surface area (TPSA) is 69.6 Å². The predicted octanol–water partition coefficient (Wildman–Crippen LogP) is 5.73. The zero-order valence-corrected chi connectivity index (χ0v) is 19.4. The highest BCUT2D eigenvalue weighted by molar-refractivity contribution is 5.95. The Balaban J connectivity index is 1.39. The number of carbonyl (C=O) groups excluding carboxylic acids is 1. The van der Waals surface area contributed by atoms with Gasteiger partial charge < -0.3 is 15.3 Å². The number of nitrogens with one attached hydrogen (secondary N) is 1. The van der Waals surface area contributed by atoms with Crippen molar-refractivity contribution in [3.8, 4) is 0 Å². The Hall–Kier alpha value is -3.86. The van der Waals surface area contributed by atoms with Crippen LogP contribution in [-0.2, 0) is 12.8 Å². The molecule has 3 aromatic rings. The predicted molar refractivity (Wildman–Crippen MR) is 135 cm³/mol. The zero-order valence-electron chi connectivity index (χ0n) is 19.4. The van der Waals surface area contributed by atoms with E-state index >= 15 is 0 Å². The van der Waals surface area contributed by atoms with Gasteiger partial charge in [-0.1, -0.05) is 66.7 Å². The summed E-state index contributed by atoms with van der Waals surface area (Å²) in [5.74, 6) is 0.0601. The van der Waals surface area contributed by atoms with Gasteiger partial charge in [0.1, 0.15) is 0 Å². The number of carboxylic acid groups (broad SMARTS) is 1. The van der Waals surface area contributed by atoms with Gasteiger partial charge >= 0.3 is 6.09 Å². The van der Waals surface area contributed by atoms with Crippen molar-refractivity contribution in [1.29, 1.82) is 0 Å². The SMILES string of the molecule is CC(NC(=O)O)c1cccc(C2=CCN(C(=O)c3cccc(CCc4ccccc4)c3)CC2)c1. The summed E-state index contributed by atoms with van der Waals surface area (Å²) in [6.07, 6.45) is 3.70. The van der Waals surface area contributed by atoms with Gasteiger partial charge in [0.15, 0.2) is 0 Å². The molecule has 3 aromatic carbocycles. The number of aryl methyl sites for hydroxylation is 2. The molecule has 1 atom stereocenters. The average Bonchev–Trinajstić information content (AvgIpc) is 2.87. The average molecular weight is 455 g/mol. The van der Waals surface area contributed by atoms with Crippen molar-refractivity contribution in [2.75, 3.05) is 13.1 Å². The molecule has 0 fully saturated rings. The highest BCUT2D eigenvalue weighted by Gasteiger charge is 2.20. The van der Waals surface area contributed by atoms with Gasteiger partial charge in [0.2, 0.25) is 0 Å². The monoisotopic (exact) mass is 454 g/mol. The Morgan fingerprint density at radius 1 is 0.941 bits per heavy atom. The van der Waals surface area contributed by atoms with E-state index in [9.17, 15) is 9.59 Å². The first-order valence-electron chi connectivity index (χ1n) is 11.7. The molecule has 0 aromatic heterocycles. The zero-order chi connectivity index (χ0) is 23.9. The Morgan fingerprint density at radius 2 is 1.68 bits per heavy atom. The van der Waals surface area contributed by atoms with Crippen LogP contribution >= 0.6 is 0 Å². The van der Waals surface area contributed by atoms with E-state index in [0.717, 1.165) is 36.0 Å². The number of hydrogen-bond acceptors (Lipinski definition) is 2. The minimum atomic E-state index is -1.03. The Morgan fingerprint density at radius 3 is 2.41 bits per heavy atom.